The monoisotopic (exact) mass is 245 g/mol. The molecule has 1 fully saturated rings. The van der Waals surface area contributed by atoms with Crippen molar-refractivity contribution in [3.05, 3.63) is 18.2 Å². The molecule has 1 aliphatic rings. The normalized spacial score (nSPS) is 15.8. The molecule has 1 aromatic carbocycles. The molecule has 18 heavy (non-hydrogen) atoms. The number of hydrogen-bond donors (Lipinski definition) is 1. The van der Waals surface area contributed by atoms with Crippen molar-refractivity contribution in [2.24, 2.45) is 5.92 Å². The summed E-state index contributed by atoms with van der Waals surface area (Å²) in [6.07, 6.45) is 4.04. The largest absolute Gasteiger partial charge is 0.423 e. The zero-order valence-corrected chi connectivity index (χ0v) is 10.7. The summed E-state index contributed by atoms with van der Waals surface area (Å²) in [6.45, 7) is 4.12. The maximum absolute atomic E-state index is 5.80. The summed E-state index contributed by atoms with van der Waals surface area (Å²) < 4.78 is 5.80. The van der Waals surface area contributed by atoms with Crippen LogP contribution in [-0.4, -0.2) is 18.1 Å². The number of benzene rings is 1. The van der Waals surface area contributed by atoms with Gasteiger partial charge in [-0.3, -0.25) is 0 Å². The van der Waals surface area contributed by atoms with Crippen LogP contribution in [0.4, 0.5) is 11.7 Å². The lowest BCUT2D eigenvalue weighted by atomic mass is 9.85. The van der Waals surface area contributed by atoms with Gasteiger partial charge in [-0.25, -0.2) is 0 Å². The molecule has 0 aliphatic heterocycles. The van der Waals surface area contributed by atoms with Crippen molar-refractivity contribution in [2.75, 3.05) is 23.7 Å². The zero-order chi connectivity index (χ0) is 12.5. The lowest BCUT2D eigenvalue weighted by Crippen LogP contribution is -2.32. The fraction of sp³-hybridized carbons (Fsp3) is 0.500. The van der Waals surface area contributed by atoms with Crippen molar-refractivity contribution in [2.45, 2.75) is 26.2 Å². The van der Waals surface area contributed by atoms with E-state index in [1.54, 1.807) is 0 Å². The zero-order valence-electron chi connectivity index (χ0n) is 10.7. The van der Waals surface area contributed by atoms with Gasteiger partial charge in [0, 0.05) is 18.8 Å². The topological polar surface area (TPSA) is 55.3 Å². The Kier molecular flexibility index (Phi) is 2.86. The van der Waals surface area contributed by atoms with Crippen molar-refractivity contribution in [1.82, 2.24) is 4.98 Å². The van der Waals surface area contributed by atoms with E-state index in [0.29, 0.717) is 0 Å². The highest BCUT2D eigenvalue weighted by molar-refractivity contribution is 5.78. The predicted molar refractivity (Wildman–Crippen MR) is 73.6 cm³/mol. The Labute approximate surface area is 107 Å². The lowest BCUT2D eigenvalue weighted by molar-refractivity contribution is 0.314. The van der Waals surface area contributed by atoms with Crippen LogP contribution in [0.3, 0.4) is 0 Å². The third kappa shape index (κ3) is 2.03. The maximum atomic E-state index is 5.80. The van der Waals surface area contributed by atoms with E-state index >= 15 is 0 Å². The molecule has 2 aromatic rings. The van der Waals surface area contributed by atoms with Crippen molar-refractivity contribution in [3.8, 4) is 0 Å². The Bertz CT molecular complexity index is 545. The van der Waals surface area contributed by atoms with Crippen molar-refractivity contribution >= 4 is 22.8 Å². The number of oxazole rings is 1. The molecule has 0 radical (unpaired) electrons. The molecule has 1 aliphatic carbocycles. The fourth-order valence-electron chi connectivity index (χ4n) is 2.40. The molecule has 1 aromatic heterocycles. The summed E-state index contributed by atoms with van der Waals surface area (Å²) in [5, 5.41) is 0. The van der Waals surface area contributed by atoms with Gasteiger partial charge in [-0.1, -0.05) is 6.42 Å². The number of aromatic nitrogens is 1. The second-order valence-corrected chi connectivity index (χ2v) is 5.06. The van der Waals surface area contributed by atoms with Crippen LogP contribution < -0.4 is 10.6 Å². The van der Waals surface area contributed by atoms with Crippen LogP contribution in [0, 0.1) is 5.92 Å². The Morgan fingerprint density at radius 3 is 2.94 bits per heavy atom. The molecule has 0 unspecified atom stereocenters. The molecule has 4 nitrogen and oxygen atoms in total. The summed E-state index contributed by atoms with van der Waals surface area (Å²) >= 11 is 0. The van der Waals surface area contributed by atoms with Gasteiger partial charge < -0.3 is 15.1 Å². The van der Waals surface area contributed by atoms with Gasteiger partial charge in [0.2, 0.25) is 0 Å². The van der Waals surface area contributed by atoms with Gasteiger partial charge in [-0.05, 0) is 43.9 Å². The number of nitrogen functional groups attached to an aromatic ring is 1. The van der Waals surface area contributed by atoms with Gasteiger partial charge in [0.1, 0.15) is 5.52 Å². The van der Waals surface area contributed by atoms with E-state index in [1.165, 1.54) is 19.3 Å². The Morgan fingerprint density at radius 2 is 2.28 bits per heavy atom. The minimum atomic E-state index is 0.726. The van der Waals surface area contributed by atoms with Crippen LogP contribution in [0.2, 0.25) is 0 Å². The van der Waals surface area contributed by atoms with Gasteiger partial charge in [-0.15, -0.1) is 0 Å². The van der Waals surface area contributed by atoms with Gasteiger partial charge in [0.25, 0.3) is 6.01 Å². The van der Waals surface area contributed by atoms with E-state index in [9.17, 15) is 0 Å². The molecule has 0 spiro atoms. The molecule has 0 atom stereocenters. The Hall–Kier alpha value is -1.71. The third-order valence-corrected chi connectivity index (χ3v) is 3.76. The number of nitrogens with zero attached hydrogens (tertiary/aromatic N) is 2. The minimum absolute atomic E-state index is 0.726. The smallest absolute Gasteiger partial charge is 0.298 e. The number of rotatable bonds is 4. The summed E-state index contributed by atoms with van der Waals surface area (Å²) in [5.41, 5.74) is 8.14. The van der Waals surface area contributed by atoms with Gasteiger partial charge in [0.15, 0.2) is 5.58 Å². The average molecular weight is 245 g/mol. The van der Waals surface area contributed by atoms with Gasteiger partial charge in [-0.2, -0.15) is 4.98 Å². The average Bonchev–Trinajstić information content (AvgIpc) is 2.70. The van der Waals surface area contributed by atoms with Crippen LogP contribution >= 0.6 is 0 Å². The fourth-order valence-corrected chi connectivity index (χ4v) is 2.40. The quantitative estimate of drug-likeness (QED) is 0.841. The minimum Gasteiger partial charge on any atom is -0.423 e. The van der Waals surface area contributed by atoms with Crippen molar-refractivity contribution in [1.29, 1.82) is 0 Å². The molecule has 0 amide bonds. The Morgan fingerprint density at radius 1 is 1.44 bits per heavy atom. The number of fused-ring (bicyclic) bond motifs is 1. The van der Waals surface area contributed by atoms with Crippen LogP contribution in [0.1, 0.15) is 26.2 Å². The second kappa shape index (κ2) is 4.52. The van der Waals surface area contributed by atoms with E-state index in [1.807, 2.05) is 18.2 Å². The summed E-state index contributed by atoms with van der Waals surface area (Å²) in [6, 6.07) is 6.32. The highest BCUT2D eigenvalue weighted by Gasteiger charge is 2.22. The van der Waals surface area contributed by atoms with Gasteiger partial charge >= 0.3 is 0 Å². The molecule has 2 N–H and O–H groups in total. The molecular weight excluding hydrogens is 226 g/mol. The first kappa shape index (κ1) is 11.4. The van der Waals surface area contributed by atoms with Crippen molar-refractivity contribution < 1.29 is 4.42 Å². The van der Waals surface area contributed by atoms with Crippen LogP contribution in [0.15, 0.2) is 22.6 Å². The highest BCUT2D eigenvalue weighted by Crippen LogP contribution is 2.30. The van der Waals surface area contributed by atoms with Gasteiger partial charge in [0.05, 0.1) is 0 Å². The number of anilines is 2. The Balaban J connectivity index is 1.86. The molecule has 0 saturated heterocycles. The first-order valence-corrected chi connectivity index (χ1v) is 6.67. The molecule has 0 bridgehead atoms. The second-order valence-electron chi connectivity index (χ2n) is 5.06. The van der Waals surface area contributed by atoms with Crippen LogP contribution in [0.25, 0.3) is 11.1 Å². The van der Waals surface area contributed by atoms with E-state index in [4.69, 9.17) is 10.2 Å². The molecule has 1 heterocycles. The number of hydrogen-bond acceptors (Lipinski definition) is 4. The molecule has 3 rings (SSSR count). The van der Waals surface area contributed by atoms with Crippen LogP contribution in [0.5, 0.6) is 0 Å². The molecule has 96 valence electrons. The first-order valence-electron chi connectivity index (χ1n) is 6.67. The van der Waals surface area contributed by atoms with Crippen LogP contribution in [-0.2, 0) is 0 Å². The molecule has 1 saturated carbocycles. The predicted octanol–water partition coefficient (Wildman–Crippen LogP) is 3.04. The van der Waals surface area contributed by atoms with E-state index in [-0.39, 0.29) is 0 Å². The summed E-state index contributed by atoms with van der Waals surface area (Å²) in [7, 11) is 0. The van der Waals surface area contributed by atoms with E-state index in [2.05, 4.69) is 16.8 Å². The van der Waals surface area contributed by atoms with Crippen molar-refractivity contribution in [3.63, 3.8) is 0 Å². The maximum Gasteiger partial charge on any atom is 0.298 e. The summed E-state index contributed by atoms with van der Waals surface area (Å²) in [5.74, 6) is 0.810. The van der Waals surface area contributed by atoms with E-state index < -0.39 is 0 Å². The summed E-state index contributed by atoms with van der Waals surface area (Å²) in [4.78, 5) is 6.76. The standard InChI is InChI=1S/C14H19N3O/c1-2-17(9-10-4-3-5-10)14-16-12-8-11(15)6-7-13(12)18-14/h6-8,10H,2-5,9,15H2,1H3. The van der Waals surface area contributed by atoms with E-state index in [0.717, 1.165) is 41.8 Å². The molecular formula is C14H19N3O. The molecule has 4 heteroatoms. The lowest BCUT2D eigenvalue weighted by Gasteiger charge is -2.30. The number of nitrogens with two attached hydrogens (primary N) is 1. The first-order chi connectivity index (χ1) is 8.76. The SMILES string of the molecule is CCN(CC1CCC1)c1nc2cc(N)ccc2o1. The third-order valence-electron chi connectivity index (χ3n) is 3.76. The highest BCUT2D eigenvalue weighted by atomic mass is 16.4.